The summed E-state index contributed by atoms with van der Waals surface area (Å²) in [6, 6.07) is 0. The van der Waals surface area contributed by atoms with Crippen molar-refractivity contribution in [3.8, 4) is 0 Å². The van der Waals surface area contributed by atoms with Crippen molar-refractivity contribution in [3.63, 3.8) is 0 Å². The third-order valence-corrected chi connectivity index (χ3v) is 7.16. The average Bonchev–Trinajstić information content (AvgIpc) is 2.75. The summed E-state index contributed by atoms with van der Waals surface area (Å²) in [5, 5.41) is 0. The third-order valence-electron chi connectivity index (χ3n) is 3.36. The molecule has 0 bridgehead atoms. The van der Waals surface area contributed by atoms with Crippen LogP contribution in [0.3, 0.4) is 0 Å². The Morgan fingerprint density at radius 3 is 2.42 bits per heavy atom. The minimum Gasteiger partial charge on any atom is -0.424 e. The molecule has 14 nitrogen and oxygen atoms in total. The highest BCUT2D eigenvalue weighted by molar-refractivity contribution is 7.66. The summed E-state index contributed by atoms with van der Waals surface area (Å²) in [4.78, 5) is 46.2. The first-order valence-corrected chi connectivity index (χ1v) is 10.7. The van der Waals surface area contributed by atoms with E-state index in [2.05, 4.69) is 13.1 Å². The van der Waals surface area contributed by atoms with Crippen LogP contribution >= 0.6 is 23.5 Å². The number of phosphoric ester groups is 1. The van der Waals surface area contributed by atoms with Gasteiger partial charge in [0.25, 0.3) is 0 Å². The monoisotopic (exact) mass is 412 g/mol. The molecule has 0 aromatic heterocycles. The summed E-state index contributed by atoms with van der Waals surface area (Å²) in [6.45, 7) is -0.691. The Bertz CT molecular complexity index is 698. The molecule has 3 rings (SSSR count). The molecule has 0 aromatic rings. The van der Waals surface area contributed by atoms with Gasteiger partial charge in [-0.25, -0.2) is 18.5 Å². The summed E-state index contributed by atoms with van der Waals surface area (Å²) < 4.78 is 59.9. The number of rotatable bonds is 7. The van der Waals surface area contributed by atoms with Gasteiger partial charge in [0.2, 0.25) is 0 Å². The average molecular weight is 412 g/mol. The zero-order chi connectivity index (χ0) is 18.0. The van der Waals surface area contributed by atoms with E-state index in [-0.39, 0.29) is 0 Å². The summed E-state index contributed by atoms with van der Waals surface area (Å²) in [7, 11) is -16.3. The fourth-order valence-corrected chi connectivity index (χ4v) is 5.54. The topological polar surface area (TPSA) is 205 Å². The van der Waals surface area contributed by atoms with Gasteiger partial charge in [-0.15, -0.1) is 0 Å². The van der Waals surface area contributed by atoms with E-state index in [1.54, 1.807) is 0 Å². The molecule has 3 aliphatic rings. The van der Waals surface area contributed by atoms with E-state index in [0.717, 1.165) is 0 Å². The van der Waals surface area contributed by atoms with Crippen molar-refractivity contribution in [2.75, 3.05) is 6.61 Å². The van der Waals surface area contributed by atoms with Crippen LogP contribution in [0.15, 0.2) is 0 Å². The molecule has 0 amide bonds. The van der Waals surface area contributed by atoms with Gasteiger partial charge < -0.3 is 33.8 Å². The van der Waals surface area contributed by atoms with Crippen LogP contribution in [0.5, 0.6) is 0 Å². The van der Waals surface area contributed by atoms with Crippen LogP contribution in [0.25, 0.3) is 0 Å². The van der Waals surface area contributed by atoms with Crippen molar-refractivity contribution in [3.05, 3.63) is 0 Å². The van der Waals surface area contributed by atoms with Gasteiger partial charge in [-0.2, -0.15) is 8.62 Å². The lowest BCUT2D eigenvalue weighted by Gasteiger charge is -2.20. The molecule has 0 aromatic carbocycles. The minimum atomic E-state index is -5.59. The number of hydrogen-bond donors (Lipinski definition) is 4. The zero-order valence-corrected chi connectivity index (χ0v) is 14.0. The largest absolute Gasteiger partial charge is 0.509 e. The number of carbonyl (C=O) groups excluding carboxylic acids is 1. The minimum absolute atomic E-state index is 0.398. The summed E-state index contributed by atoms with van der Waals surface area (Å²) >= 11 is 0. The van der Waals surface area contributed by atoms with Gasteiger partial charge in [0.1, 0.15) is 12.2 Å². The molecule has 1 aliphatic carbocycles. The zero-order valence-electron chi connectivity index (χ0n) is 11.4. The standard InChI is InChI=1S/C7H11O14P3/c8-6-18-5-3(17-4-1-7(4,5)19-6)2-16-23(12,13)21-24(14,15)20-22(9,10)11/h3-5H,1-2H2,(H,12,13)(H,14,15)(H2,9,10,11). The van der Waals surface area contributed by atoms with E-state index < -0.39 is 60.1 Å². The summed E-state index contributed by atoms with van der Waals surface area (Å²) in [5.74, 6) is 0. The van der Waals surface area contributed by atoms with E-state index in [9.17, 15) is 23.4 Å². The predicted molar refractivity (Wildman–Crippen MR) is 67.2 cm³/mol. The molecule has 17 heteroatoms. The number of carbonyl (C=O) groups is 1. The molecule has 2 aliphatic heterocycles. The summed E-state index contributed by atoms with van der Waals surface area (Å²) in [6.07, 6.45) is -2.87. The van der Waals surface area contributed by atoms with E-state index in [4.69, 9.17) is 28.9 Å². The smallest absolute Gasteiger partial charge is 0.424 e. The van der Waals surface area contributed by atoms with Crippen molar-refractivity contribution >= 4 is 29.6 Å². The van der Waals surface area contributed by atoms with Crippen molar-refractivity contribution in [2.24, 2.45) is 0 Å². The molecule has 0 radical (unpaired) electrons. The molecule has 3 fully saturated rings. The Hall–Kier alpha value is -0.360. The highest BCUT2D eigenvalue weighted by Gasteiger charge is 2.77. The molecular weight excluding hydrogens is 401 g/mol. The molecule has 2 saturated heterocycles. The van der Waals surface area contributed by atoms with Gasteiger partial charge in [0.05, 0.1) is 6.61 Å². The van der Waals surface area contributed by atoms with E-state index in [0.29, 0.717) is 6.42 Å². The Kier molecular flexibility index (Phi) is 4.28. The van der Waals surface area contributed by atoms with Gasteiger partial charge in [-0.05, 0) is 0 Å². The van der Waals surface area contributed by atoms with Crippen molar-refractivity contribution in [1.29, 1.82) is 0 Å². The van der Waals surface area contributed by atoms with Gasteiger partial charge in [-0.3, -0.25) is 4.52 Å². The molecule has 2 heterocycles. The first kappa shape index (κ1) is 18.4. The first-order valence-electron chi connectivity index (χ1n) is 6.15. The predicted octanol–water partition coefficient (Wildman–Crippen LogP) is -0.225. The van der Waals surface area contributed by atoms with E-state index >= 15 is 0 Å². The van der Waals surface area contributed by atoms with Crippen molar-refractivity contribution < 1.29 is 65.4 Å². The van der Waals surface area contributed by atoms with Gasteiger partial charge in [0, 0.05) is 6.42 Å². The van der Waals surface area contributed by atoms with Crippen LogP contribution in [0.4, 0.5) is 4.79 Å². The molecule has 1 saturated carbocycles. The Labute approximate surface area is 133 Å². The maximum absolute atomic E-state index is 11.6. The van der Waals surface area contributed by atoms with Crippen molar-refractivity contribution in [1.82, 2.24) is 0 Å². The second-order valence-electron chi connectivity index (χ2n) is 5.10. The fraction of sp³-hybridized carbons (Fsp3) is 0.857. The molecular formula is C7H11O14P3. The van der Waals surface area contributed by atoms with Gasteiger partial charge in [-0.1, -0.05) is 0 Å². The number of ether oxygens (including phenoxy) is 3. The molecule has 6 unspecified atom stereocenters. The highest BCUT2D eigenvalue weighted by atomic mass is 31.3. The quantitative estimate of drug-likeness (QED) is 0.315. The normalized spacial score (nSPS) is 39.2. The molecule has 24 heavy (non-hydrogen) atoms. The lowest BCUT2D eigenvalue weighted by Crippen LogP contribution is -2.35. The second-order valence-corrected chi connectivity index (χ2v) is 9.52. The summed E-state index contributed by atoms with van der Waals surface area (Å²) in [5.41, 5.74) is -0.957. The van der Waals surface area contributed by atoms with Gasteiger partial charge >= 0.3 is 29.6 Å². The fourth-order valence-electron chi connectivity index (χ4n) is 2.51. The Balaban J connectivity index is 1.56. The van der Waals surface area contributed by atoms with Crippen LogP contribution in [-0.4, -0.2) is 56.2 Å². The van der Waals surface area contributed by atoms with Crippen LogP contribution < -0.4 is 0 Å². The lowest BCUT2D eigenvalue weighted by molar-refractivity contribution is -0.0263. The van der Waals surface area contributed by atoms with Crippen LogP contribution in [-0.2, 0) is 41.1 Å². The third kappa shape index (κ3) is 3.74. The molecule has 138 valence electrons. The number of hydrogen-bond acceptors (Lipinski definition) is 10. The van der Waals surface area contributed by atoms with E-state index in [1.165, 1.54) is 0 Å². The van der Waals surface area contributed by atoms with E-state index in [1.807, 2.05) is 0 Å². The lowest BCUT2D eigenvalue weighted by atomic mass is 10.1. The van der Waals surface area contributed by atoms with Gasteiger partial charge in [0.15, 0.2) is 11.7 Å². The Morgan fingerprint density at radius 2 is 1.79 bits per heavy atom. The second kappa shape index (κ2) is 5.57. The molecule has 1 spiro atoms. The molecule has 6 atom stereocenters. The van der Waals surface area contributed by atoms with Crippen LogP contribution in [0.1, 0.15) is 6.42 Å². The highest BCUT2D eigenvalue weighted by Crippen LogP contribution is 2.66. The maximum atomic E-state index is 11.6. The van der Waals surface area contributed by atoms with Crippen LogP contribution in [0.2, 0.25) is 0 Å². The SMILES string of the molecule is O=C1OC2C(COP(=O)(O)OP(=O)(O)OP(=O)(O)O)OC3CC32O1. The Morgan fingerprint density at radius 1 is 1.12 bits per heavy atom. The van der Waals surface area contributed by atoms with Crippen LogP contribution in [0, 0.1) is 0 Å². The van der Waals surface area contributed by atoms with Crippen molar-refractivity contribution in [2.45, 2.75) is 30.3 Å². The maximum Gasteiger partial charge on any atom is 0.509 e. The first-order chi connectivity index (χ1) is 10.8. The molecule has 4 N–H and O–H groups in total. The number of phosphoric acid groups is 3.